The molecule has 0 fully saturated rings. The third-order valence-corrected chi connectivity index (χ3v) is 3.32. The molecule has 0 saturated carbocycles. The summed E-state index contributed by atoms with van der Waals surface area (Å²) in [4.78, 5) is 13.9. The number of rotatable bonds is 6. The number of benzene rings is 1. The SMILES string of the molecule is CCCNC(=O)c1ccc(N(CC)c2cccc(C)c2)nn1. The van der Waals surface area contributed by atoms with Crippen LogP contribution in [0.25, 0.3) is 0 Å². The predicted octanol–water partition coefficient (Wildman–Crippen LogP) is 3.08. The molecular formula is C17H22N4O. The van der Waals surface area contributed by atoms with Gasteiger partial charge in [-0.3, -0.25) is 4.79 Å². The average Bonchev–Trinajstić information content (AvgIpc) is 2.54. The van der Waals surface area contributed by atoms with E-state index in [2.05, 4.69) is 46.4 Å². The van der Waals surface area contributed by atoms with Gasteiger partial charge in [-0.05, 0) is 50.1 Å². The van der Waals surface area contributed by atoms with E-state index in [0.717, 1.165) is 24.5 Å². The summed E-state index contributed by atoms with van der Waals surface area (Å²) in [5.74, 6) is 0.555. The number of carbonyl (C=O) groups is 1. The number of anilines is 2. The largest absolute Gasteiger partial charge is 0.351 e. The zero-order valence-electron chi connectivity index (χ0n) is 13.3. The van der Waals surface area contributed by atoms with E-state index in [1.54, 1.807) is 6.07 Å². The summed E-state index contributed by atoms with van der Waals surface area (Å²) in [6.07, 6.45) is 0.897. The van der Waals surface area contributed by atoms with Gasteiger partial charge in [-0.2, -0.15) is 0 Å². The molecule has 1 amide bonds. The summed E-state index contributed by atoms with van der Waals surface area (Å²) in [6.45, 7) is 7.55. The van der Waals surface area contributed by atoms with Crippen LogP contribution in [0.3, 0.4) is 0 Å². The summed E-state index contributed by atoms with van der Waals surface area (Å²) >= 11 is 0. The number of amides is 1. The van der Waals surface area contributed by atoms with Crippen molar-refractivity contribution in [3.05, 3.63) is 47.7 Å². The molecule has 2 rings (SSSR count). The summed E-state index contributed by atoms with van der Waals surface area (Å²) in [5, 5.41) is 11.0. The van der Waals surface area contributed by atoms with Crippen molar-refractivity contribution in [2.24, 2.45) is 0 Å². The van der Waals surface area contributed by atoms with Gasteiger partial charge < -0.3 is 10.2 Å². The molecule has 0 saturated heterocycles. The smallest absolute Gasteiger partial charge is 0.271 e. The van der Waals surface area contributed by atoms with Crippen molar-refractivity contribution in [1.82, 2.24) is 15.5 Å². The molecule has 0 aliphatic heterocycles. The predicted molar refractivity (Wildman–Crippen MR) is 88.5 cm³/mol. The first kappa shape index (κ1) is 15.9. The molecule has 1 N–H and O–H groups in total. The minimum absolute atomic E-state index is 0.181. The second kappa shape index (κ2) is 7.54. The van der Waals surface area contributed by atoms with Crippen LogP contribution >= 0.6 is 0 Å². The molecule has 5 heteroatoms. The van der Waals surface area contributed by atoms with E-state index in [9.17, 15) is 4.79 Å². The molecule has 0 radical (unpaired) electrons. The average molecular weight is 298 g/mol. The Labute approximate surface area is 131 Å². The van der Waals surface area contributed by atoms with E-state index >= 15 is 0 Å². The quantitative estimate of drug-likeness (QED) is 0.890. The lowest BCUT2D eigenvalue weighted by atomic mass is 10.2. The summed E-state index contributed by atoms with van der Waals surface area (Å²) in [6, 6.07) is 11.8. The van der Waals surface area contributed by atoms with Gasteiger partial charge in [0.1, 0.15) is 0 Å². The Balaban J connectivity index is 2.19. The molecule has 1 aromatic carbocycles. The summed E-state index contributed by atoms with van der Waals surface area (Å²) in [5.41, 5.74) is 2.61. The van der Waals surface area contributed by atoms with Crippen molar-refractivity contribution >= 4 is 17.4 Å². The Morgan fingerprint density at radius 2 is 2.00 bits per heavy atom. The molecule has 0 spiro atoms. The molecule has 0 atom stereocenters. The zero-order chi connectivity index (χ0) is 15.9. The zero-order valence-corrected chi connectivity index (χ0v) is 13.3. The Kier molecular flexibility index (Phi) is 5.47. The third kappa shape index (κ3) is 3.81. The Hall–Kier alpha value is -2.43. The lowest BCUT2D eigenvalue weighted by Crippen LogP contribution is -2.26. The Bertz CT molecular complexity index is 625. The fraction of sp³-hybridized carbons (Fsp3) is 0.353. The maximum atomic E-state index is 11.8. The van der Waals surface area contributed by atoms with Gasteiger partial charge in [0.2, 0.25) is 0 Å². The van der Waals surface area contributed by atoms with Crippen molar-refractivity contribution in [2.45, 2.75) is 27.2 Å². The number of hydrogen-bond donors (Lipinski definition) is 1. The van der Waals surface area contributed by atoms with Crippen LogP contribution in [0.5, 0.6) is 0 Å². The third-order valence-electron chi connectivity index (χ3n) is 3.32. The highest BCUT2D eigenvalue weighted by atomic mass is 16.1. The molecule has 0 aliphatic rings. The fourth-order valence-electron chi connectivity index (χ4n) is 2.19. The van der Waals surface area contributed by atoms with Crippen molar-refractivity contribution in [3.8, 4) is 0 Å². The minimum Gasteiger partial charge on any atom is -0.351 e. The van der Waals surface area contributed by atoms with Gasteiger partial charge in [-0.25, -0.2) is 0 Å². The molecular weight excluding hydrogens is 276 g/mol. The number of carbonyl (C=O) groups excluding carboxylic acids is 1. The van der Waals surface area contributed by atoms with Gasteiger partial charge in [0.25, 0.3) is 5.91 Å². The molecule has 116 valence electrons. The van der Waals surface area contributed by atoms with Crippen LogP contribution in [-0.2, 0) is 0 Å². The summed E-state index contributed by atoms with van der Waals surface area (Å²) < 4.78 is 0. The maximum Gasteiger partial charge on any atom is 0.271 e. The van der Waals surface area contributed by atoms with Gasteiger partial charge in [-0.1, -0.05) is 19.1 Å². The monoisotopic (exact) mass is 298 g/mol. The van der Waals surface area contributed by atoms with Gasteiger partial charge in [0.15, 0.2) is 11.5 Å². The molecule has 1 heterocycles. The fourth-order valence-corrected chi connectivity index (χ4v) is 2.19. The molecule has 0 aliphatic carbocycles. The van der Waals surface area contributed by atoms with Crippen LogP contribution in [0.2, 0.25) is 0 Å². The van der Waals surface area contributed by atoms with Crippen molar-refractivity contribution in [3.63, 3.8) is 0 Å². The van der Waals surface area contributed by atoms with Crippen molar-refractivity contribution in [1.29, 1.82) is 0 Å². The van der Waals surface area contributed by atoms with E-state index in [1.807, 2.05) is 25.1 Å². The van der Waals surface area contributed by atoms with Crippen LogP contribution in [0, 0.1) is 6.92 Å². The second-order valence-corrected chi connectivity index (χ2v) is 5.12. The van der Waals surface area contributed by atoms with E-state index in [1.165, 1.54) is 5.56 Å². The van der Waals surface area contributed by atoms with E-state index in [-0.39, 0.29) is 5.91 Å². The lowest BCUT2D eigenvalue weighted by molar-refractivity contribution is 0.0947. The number of hydrogen-bond acceptors (Lipinski definition) is 4. The molecule has 1 aromatic heterocycles. The first-order valence-electron chi connectivity index (χ1n) is 7.61. The van der Waals surface area contributed by atoms with Crippen LogP contribution in [0.15, 0.2) is 36.4 Å². The van der Waals surface area contributed by atoms with E-state index < -0.39 is 0 Å². The maximum absolute atomic E-state index is 11.8. The van der Waals surface area contributed by atoms with Crippen molar-refractivity contribution < 1.29 is 4.79 Å². The van der Waals surface area contributed by atoms with E-state index in [4.69, 9.17) is 0 Å². The summed E-state index contributed by atoms with van der Waals surface area (Å²) in [7, 11) is 0. The van der Waals surface area contributed by atoms with Crippen LogP contribution in [-0.4, -0.2) is 29.2 Å². The minimum atomic E-state index is -0.181. The highest BCUT2D eigenvalue weighted by molar-refractivity contribution is 5.92. The standard InChI is InChI=1S/C17H22N4O/c1-4-11-18-17(22)15-9-10-16(20-19-15)21(5-2)14-8-6-7-13(3)12-14/h6-10,12H,4-5,11H2,1-3H3,(H,18,22). The highest BCUT2D eigenvalue weighted by Crippen LogP contribution is 2.23. The Morgan fingerprint density at radius 1 is 1.18 bits per heavy atom. The van der Waals surface area contributed by atoms with Crippen LogP contribution in [0.1, 0.15) is 36.3 Å². The first-order valence-corrected chi connectivity index (χ1v) is 7.61. The first-order chi connectivity index (χ1) is 10.7. The molecule has 0 bridgehead atoms. The van der Waals surface area contributed by atoms with Gasteiger partial charge >= 0.3 is 0 Å². The number of aryl methyl sites for hydroxylation is 1. The second-order valence-electron chi connectivity index (χ2n) is 5.12. The molecule has 5 nitrogen and oxygen atoms in total. The van der Waals surface area contributed by atoms with Gasteiger partial charge in [-0.15, -0.1) is 10.2 Å². The van der Waals surface area contributed by atoms with E-state index in [0.29, 0.717) is 12.2 Å². The Morgan fingerprint density at radius 3 is 2.59 bits per heavy atom. The number of nitrogens with zero attached hydrogens (tertiary/aromatic N) is 3. The van der Waals surface area contributed by atoms with Gasteiger partial charge in [0, 0.05) is 18.8 Å². The normalized spacial score (nSPS) is 10.3. The lowest BCUT2D eigenvalue weighted by Gasteiger charge is -2.22. The molecule has 2 aromatic rings. The highest BCUT2D eigenvalue weighted by Gasteiger charge is 2.12. The van der Waals surface area contributed by atoms with Gasteiger partial charge in [0.05, 0.1) is 0 Å². The number of aromatic nitrogens is 2. The van der Waals surface area contributed by atoms with Crippen LogP contribution in [0.4, 0.5) is 11.5 Å². The van der Waals surface area contributed by atoms with Crippen molar-refractivity contribution in [2.75, 3.05) is 18.0 Å². The molecule has 22 heavy (non-hydrogen) atoms. The molecule has 0 unspecified atom stereocenters. The topological polar surface area (TPSA) is 58.1 Å². The van der Waals surface area contributed by atoms with Crippen LogP contribution < -0.4 is 10.2 Å². The number of nitrogens with one attached hydrogen (secondary N) is 1.